The third-order valence-electron chi connectivity index (χ3n) is 4.38. The molecule has 2 atom stereocenters. The molecule has 1 saturated heterocycles. The summed E-state index contributed by atoms with van der Waals surface area (Å²) in [6.45, 7) is 7.14. The number of likely N-dealkylation sites (tertiary alicyclic amines) is 1. The van der Waals surface area contributed by atoms with E-state index in [1.54, 1.807) is 0 Å². The number of aryl methyl sites for hydroxylation is 1. The third kappa shape index (κ3) is 4.58. The number of nitrogens with two attached hydrogens (primary N) is 1. The first kappa shape index (κ1) is 15.5. The minimum absolute atomic E-state index is 0.110. The van der Waals surface area contributed by atoms with Crippen LogP contribution in [0.25, 0.3) is 0 Å². The van der Waals surface area contributed by atoms with E-state index in [1.807, 2.05) is 6.92 Å². The molecule has 0 aliphatic carbocycles. The van der Waals surface area contributed by atoms with E-state index in [4.69, 9.17) is 5.73 Å². The molecule has 1 aliphatic heterocycles. The van der Waals surface area contributed by atoms with Crippen LogP contribution in [-0.4, -0.2) is 35.2 Å². The Balaban J connectivity index is 1.83. The molecule has 3 nitrogen and oxygen atoms in total. The van der Waals surface area contributed by atoms with Gasteiger partial charge >= 0.3 is 0 Å². The van der Waals surface area contributed by atoms with Gasteiger partial charge in [0.1, 0.15) is 0 Å². The van der Waals surface area contributed by atoms with E-state index in [1.165, 1.54) is 11.1 Å². The monoisotopic (exact) mass is 276 g/mol. The van der Waals surface area contributed by atoms with Gasteiger partial charge in [-0.15, -0.1) is 0 Å². The van der Waals surface area contributed by atoms with Crippen LogP contribution in [0, 0.1) is 6.92 Å². The maximum Gasteiger partial charge on any atom is 0.0632 e. The van der Waals surface area contributed by atoms with E-state index in [9.17, 15) is 5.11 Å². The van der Waals surface area contributed by atoms with Crippen molar-refractivity contribution in [2.75, 3.05) is 19.6 Å². The van der Waals surface area contributed by atoms with E-state index in [-0.39, 0.29) is 6.04 Å². The number of nitrogens with zero attached hydrogens (tertiary/aromatic N) is 1. The van der Waals surface area contributed by atoms with Crippen LogP contribution in [0.4, 0.5) is 0 Å². The van der Waals surface area contributed by atoms with Crippen LogP contribution >= 0.6 is 0 Å². The van der Waals surface area contributed by atoms with Crippen LogP contribution < -0.4 is 5.73 Å². The summed E-state index contributed by atoms with van der Waals surface area (Å²) in [4.78, 5) is 2.44. The van der Waals surface area contributed by atoms with Crippen LogP contribution in [-0.2, 0) is 0 Å². The minimum atomic E-state index is -0.479. The van der Waals surface area contributed by atoms with Gasteiger partial charge in [0, 0.05) is 12.6 Å². The van der Waals surface area contributed by atoms with E-state index >= 15 is 0 Å². The fourth-order valence-electron chi connectivity index (χ4n) is 2.93. The lowest BCUT2D eigenvalue weighted by molar-refractivity contribution is 0.0446. The van der Waals surface area contributed by atoms with E-state index in [2.05, 4.69) is 36.1 Å². The normalized spacial score (nSPS) is 26.2. The van der Waals surface area contributed by atoms with Gasteiger partial charge in [0.15, 0.2) is 0 Å². The molecule has 0 radical (unpaired) electrons. The van der Waals surface area contributed by atoms with Gasteiger partial charge in [-0.3, -0.25) is 0 Å². The van der Waals surface area contributed by atoms with Crippen molar-refractivity contribution in [3.05, 3.63) is 35.4 Å². The summed E-state index contributed by atoms with van der Waals surface area (Å²) in [7, 11) is 0. The zero-order chi connectivity index (χ0) is 14.6. The van der Waals surface area contributed by atoms with Crippen molar-refractivity contribution in [2.24, 2.45) is 5.73 Å². The van der Waals surface area contributed by atoms with Crippen molar-refractivity contribution >= 4 is 0 Å². The summed E-state index contributed by atoms with van der Waals surface area (Å²) in [5.74, 6) is 0. The number of hydrogen-bond donors (Lipinski definition) is 2. The number of rotatable bonds is 4. The second kappa shape index (κ2) is 6.70. The fourth-order valence-corrected chi connectivity index (χ4v) is 2.93. The van der Waals surface area contributed by atoms with E-state index in [0.717, 1.165) is 45.3 Å². The van der Waals surface area contributed by atoms with Gasteiger partial charge in [-0.25, -0.2) is 0 Å². The molecule has 20 heavy (non-hydrogen) atoms. The molecule has 0 bridgehead atoms. The summed E-state index contributed by atoms with van der Waals surface area (Å²) < 4.78 is 0. The maximum atomic E-state index is 10.1. The average Bonchev–Trinajstić information content (AvgIpc) is 2.57. The van der Waals surface area contributed by atoms with Crippen molar-refractivity contribution in [3.8, 4) is 0 Å². The molecular formula is C17H28N2O. The Hall–Kier alpha value is -0.900. The molecule has 112 valence electrons. The van der Waals surface area contributed by atoms with Crippen molar-refractivity contribution in [2.45, 2.75) is 51.2 Å². The van der Waals surface area contributed by atoms with Crippen LogP contribution in [0.3, 0.4) is 0 Å². The van der Waals surface area contributed by atoms with E-state index < -0.39 is 5.60 Å². The fraction of sp³-hybridized carbons (Fsp3) is 0.647. The average molecular weight is 276 g/mol. The number of aliphatic hydroxyl groups is 1. The molecule has 0 saturated carbocycles. The molecule has 2 rings (SSSR count). The number of hydrogen-bond acceptors (Lipinski definition) is 3. The van der Waals surface area contributed by atoms with Gasteiger partial charge in [-0.2, -0.15) is 0 Å². The smallest absolute Gasteiger partial charge is 0.0632 e. The van der Waals surface area contributed by atoms with Gasteiger partial charge in [0.05, 0.1) is 5.60 Å². The molecule has 0 aromatic heterocycles. The van der Waals surface area contributed by atoms with Gasteiger partial charge in [0.2, 0.25) is 0 Å². The zero-order valence-corrected chi connectivity index (χ0v) is 12.8. The van der Waals surface area contributed by atoms with Crippen molar-refractivity contribution in [1.29, 1.82) is 0 Å². The minimum Gasteiger partial charge on any atom is -0.390 e. The van der Waals surface area contributed by atoms with Crippen molar-refractivity contribution in [3.63, 3.8) is 0 Å². The first-order valence-corrected chi connectivity index (χ1v) is 7.73. The molecule has 2 unspecified atom stereocenters. The highest BCUT2D eigenvalue weighted by Gasteiger charge is 2.24. The summed E-state index contributed by atoms with van der Waals surface area (Å²) >= 11 is 0. The second-order valence-electron chi connectivity index (χ2n) is 6.50. The standard InChI is InChI=1S/C17H28N2O/c1-14-5-3-6-15(13-14)16(18)7-11-19-10-4-8-17(2,20)9-12-19/h3,5-6,13,16,20H,4,7-12,18H2,1-2H3. The van der Waals surface area contributed by atoms with Crippen LogP contribution in [0.1, 0.15) is 49.8 Å². The SMILES string of the molecule is Cc1cccc(C(N)CCN2CCCC(C)(O)CC2)c1. The van der Waals surface area contributed by atoms with Crippen molar-refractivity contribution in [1.82, 2.24) is 4.90 Å². The van der Waals surface area contributed by atoms with Crippen molar-refractivity contribution < 1.29 is 5.11 Å². The zero-order valence-electron chi connectivity index (χ0n) is 12.8. The Morgan fingerprint density at radius 3 is 2.90 bits per heavy atom. The highest BCUT2D eigenvalue weighted by Crippen LogP contribution is 2.22. The summed E-state index contributed by atoms with van der Waals surface area (Å²) in [6, 6.07) is 8.59. The van der Waals surface area contributed by atoms with Crippen LogP contribution in [0.5, 0.6) is 0 Å². The lowest BCUT2D eigenvalue weighted by Crippen LogP contribution is -2.30. The molecule has 3 N–H and O–H groups in total. The predicted molar refractivity (Wildman–Crippen MR) is 83.6 cm³/mol. The Morgan fingerprint density at radius 2 is 2.15 bits per heavy atom. The number of benzene rings is 1. The van der Waals surface area contributed by atoms with Crippen LogP contribution in [0.2, 0.25) is 0 Å². The molecule has 1 aromatic carbocycles. The Morgan fingerprint density at radius 1 is 1.35 bits per heavy atom. The lowest BCUT2D eigenvalue weighted by Gasteiger charge is -2.23. The van der Waals surface area contributed by atoms with Gasteiger partial charge < -0.3 is 15.7 Å². The summed E-state index contributed by atoms with van der Waals surface area (Å²) in [5, 5.41) is 10.1. The largest absolute Gasteiger partial charge is 0.390 e. The molecule has 0 amide bonds. The Labute approximate surface area is 122 Å². The third-order valence-corrected chi connectivity index (χ3v) is 4.38. The molecular weight excluding hydrogens is 248 g/mol. The molecule has 1 heterocycles. The molecule has 1 fully saturated rings. The highest BCUT2D eigenvalue weighted by molar-refractivity contribution is 5.24. The Bertz CT molecular complexity index is 431. The summed E-state index contributed by atoms with van der Waals surface area (Å²) in [6.07, 6.45) is 3.83. The maximum absolute atomic E-state index is 10.1. The van der Waals surface area contributed by atoms with Gasteiger partial charge in [-0.1, -0.05) is 29.8 Å². The van der Waals surface area contributed by atoms with E-state index in [0.29, 0.717) is 0 Å². The molecule has 3 heteroatoms. The first-order chi connectivity index (χ1) is 9.46. The summed E-state index contributed by atoms with van der Waals surface area (Å²) in [5.41, 5.74) is 8.31. The second-order valence-corrected chi connectivity index (χ2v) is 6.50. The van der Waals surface area contributed by atoms with Crippen LogP contribution in [0.15, 0.2) is 24.3 Å². The highest BCUT2D eigenvalue weighted by atomic mass is 16.3. The molecule has 0 spiro atoms. The molecule has 1 aromatic rings. The Kier molecular flexibility index (Phi) is 5.19. The van der Waals surface area contributed by atoms with Gasteiger partial charge in [0.25, 0.3) is 0 Å². The first-order valence-electron chi connectivity index (χ1n) is 7.73. The topological polar surface area (TPSA) is 49.5 Å². The quantitative estimate of drug-likeness (QED) is 0.889. The molecule has 1 aliphatic rings. The lowest BCUT2D eigenvalue weighted by atomic mass is 9.98. The van der Waals surface area contributed by atoms with Gasteiger partial charge in [-0.05, 0) is 58.2 Å². The predicted octanol–water partition coefficient (Wildman–Crippen LogP) is 2.62.